The predicted octanol–water partition coefficient (Wildman–Crippen LogP) is 4.19. The smallest absolute Gasteiger partial charge is 0.0292 e. The Kier molecular flexibility index (Phi) is 5.20. The van der Waals surface area contributed by atoms with Gasteiger partial charge in [0.25, 0.3) is 0 Å². The monoisotopic (exact) mass is 247 g/mol. The number of benzene rings is 2. The molecule has 2 aromatic carbocycles. The van der Waals surface area contributed by atoms with E-state index in [2.05, 4.69) is 55.5 Å². The number of nitrogens with two attached hydrogens (primary N) is 1. The van der Waals surface area contributed by atoms with Crippen molar-refractivity contribution in [2.75, 3.05) is 0 Å². The molecule has 0 saturated heterocycles. The van der Waals surface area contributed by atoms with E-state index in [4.69, 9.17) is 5.73 Å². The van der Waals surface area contributed by atoms with E-state index in [-0.39, 0.29) is 18.4 Å². The molecule has 0 aliphatic rings. The summed E-state index contributed by atoms with van der Waals surface area (Å²) in [5.74, 6) is 0. The predicted molar refractivity (Wildman–Crippen MR) is 76.3 cm³/mol. The Morgan fingerprint density at radius 2 is 1.59 bits per heavy atom. The van der Waals surface area contributed by atoms with Crippen LogP contribution in [0.2, 0.25) is 0 Å². The fourth-order valence-corrected chi connectivity index (χ4v) is 1.82. The fraction of sp³-hybridized carbons (Fsp3) is 0.200. The van der Waals surface area contributed by atoms with Crippen LogP contribution in [0.3, 0.4) is 0 Å². The maximum atomic E-state index is 6.04. The Bertz CT molecular complexity index is 453. The summed E-state index contributed by atoms with van der Waals surface area (Å²) in [5.41, 5.74) is 9.73. The molecule has 0 aromatic heterocycles. The molecule has 2 heteroatoms. The highest BCUT2D eigenvalue weighted by Crippen LogP contribution is 2.23. The maximum Gasteiger partial charge on any atom is 0.0292 e. The third-order valence-electron chi connectivity index (χ3n) is 2.86. The molecule has 0 saturated carbocycles. The van der Waals surface area contributed by atoms with Gasteiger partial charge in [0.15, 0.2) is 0 Å². The van der Waals surface area contributed by atoms with E-state index in [0.717, 1.165) is 6.42 Å². The maximum absolute atomic E-state index is 6.04. The molecule has 17 heavy (non-hydrogen) atoms. The zero-order chi connectivity index (χ0) is 11.4. The zero-order valence-corrected chi connectivity index (χ0v) is 10.8. The minimum atomic E-state index is 0. The van der Waals surface area contributed by atoms with Crippen LogP contribution in [0, 0.1) is 0 Å². The first kappa shape index (κ1) is 13.8. The second kappa shape index (κ2) is 6.43. The summed E-state index contributed by atoms with van der Waals surface area (Å²) in [7, 11) is 0. The Hall–Kier alpha value is -1.31. The lowest BCUT2D eigenvalue weighted by Gasteiger charge is -2.10. The van der Waals surface area contributed by atoms with Crippen LogP contribution >= 0.6 is 12.4 Å². The second-order valence-corrected chi connectivity index (χ2v) is 4.01. The lowest BCUT2D eigenvalue weighted by Crippen LogP contribution is -2.08. The first-order valence-electron chi connectivity index (χ1n) is 5.72. The summed E-state index contributed by atoms with van der Waals surface area (Å²) in [4.78, 5) is 0. The van der Waals surface area contributed by atoms with Crippen molar-refractivity contribution in [1.82, 2.24) is 0 Å². The Labute approximate surface area is 109 Å². The molecule has 0 amide bonds. The van der Waals surface area contributed by atoms with E-state index in [9.17, 15) is 0 Å². The van der Waals surface area contributed by atoms with Crippen molar-refractivity contribution in [1.29, 1.82) is 0 Å². The summed E-state index contributed by atoms with van der Waals surface area (Å²) in [6.07, 6.45) is 0.970. The average molecular weight is 248 g/mol. The standard InChI is InChI=1S/C15H17N.ClH/c1-2-15(16)14-10-6-9-13(11-14)12-7-4-3-5-8-12;/h3-11,15H,2,16H2,1H3;1H/t15-;/m1./s1. The van der Waals surface area contributed by atoms with Gasteiger partial charge in [-0.25, -0.2) is 0 Å². The molecule has 90 valence electrons. The third kappa shape index (κ3) is 3.32. The molecule has 2 N–H and O–H groups in total. The van der Waals surface area contributed by atoms with Crippen LogP contribution in [0.1, 0.15) is 24.9 Å². The van der Waals surface area contributed by atoms with E-state index < -0.39 is 0 Å². The molecule has 0 unspecified atom stereocenters. The SMILES string of the molecule is CC[C@@H](N)c1cccc(-c2ccccc2)c1.Cl. The number of hydrogen-bond acceptors (Lipinski definition) is 1. The van der Waals surface area contributed by atoms with Gasteiger partial charge in [-0.2, -0.15) is 0 Å². The molecule has 0 bridgehead atoms. The number of rotatable bonds is 3. The van der Waals surface area contributed by atoms with Crippen LogP contribution in [-0.2, 0) is 0 Å². The Morgan fingerprint density at radius 3 is 2.24 bits per heavy atom. The molecule has 0 spiro atoms. The van der Waals surface area contributed by atoms with Crippen molar-refractivity contribution in [3.63, 3.8) is 0 Å². The summed E-state index contributed by atoms with van der Waals surface area (Å²) in [5, 5.41) is 0. The van der Waals surface area contributed by atoms with Crippen molar-refractivity contribution in [2.24, 2.45) is 5.73 Å². The Morgan fingerprint density at radius 1 is 0.941 bits per heavy atom. The lowest BCUT2D eigenvalue weighted by molar-refractivity contribution is 0.699. The molecule has 0 radical (unpaired) electrons. The summed E-state index contributed by atoms with van der Waals surface area (Å²) < 4.78 is 0. The van der Waals surface area contributed by atoms with Crippen molar-refractivity contribution >= 4 is 12.4 Å². The van der Waals surface area contributed by atoms with Crippen LogP contribution < -0.4 is 5.73 Å². The average Bonchev–Trinajstić information content (AvgIpc) is 2.39. The summed E-state index contributed by atoms with van der Waals surface area (Å²) in [6.45, 7) is 2.11. The molecule has 0 heterocycles. The topological polar surface area (TPSA) is 26.0 Å². The van der Waals surface area contributed by atoms with E-state index in [0.29, 0.717) is 0 Å². The molecule has 0 fully saturated rings. The van der Waals surface area contributed by atoms with Gasteiger partial charge >= 0.3 is 0 Å². The minimum absolute atomic E-state index is 0. The molecular weight excluding hydrogens is 230 g/mol. The Balaban J connectivity index is 0.00000144. The van der Waals surface area contributed by atoms with E-state index >= 15 is 0 Å². The van der Waals surface area contributed by atoms with Crippen LogP contribution in [0.15, 0.2) is 54.6 Å². The molecule has 0 aliphatic heterocycles. The molecule has 2 rings (SSSR count). The zero-order valence-electron chi connectivity index (χ0n) is 9.97. The van der Waals surface area contributed by atoms with Crippen LogP contribution in [0.4, 0.5) is 0 Å². The molecule has 1 nitrogen and oxygen atoms in total. The molecular formula is C15H18ClN. The minimum Gasteiger partial charge on any atom is -0.324 e. The van der Waals surface area contributed by atoms with Gasteiger partial charge in [0.2, 0.25) is 0 Å². The van der Waals surface area contributed by atoms with Crippen LogP contribution in [-0.4, -0.2) is 0 Å². The van der Waals surface area contributed by atoms with Gasteiger partial charge in [-0.15, -0.1) is 12.4 Å². The van der Waals surface area contributed by atoms with E-state index in [1.807, 2.05) is 6.07 Å². The highest BCUT2D eigenvalue weighted by atomic mass is 35.5. The van der Waals surface area contributed by atoms with Gasteiger partial charge in [-0.05, 0) is 29.2 Å². The van der Waals surface area contributed by atoms with Gasteiger partial charge in [0, 0.05) is 6.04 Å². The van der Waals surface area contributed by atoms with Gasteiger partial charge in [-0.1, -0.05) is 55.5 Å². The van der Waals surface area contributed by atoms with Gasteiger partial charge in [-0.3, -0.25) is 0 Å². The summed E-state index contributed by atoms with van der Waals surface area (Å²) >= 11 is 0. The second-order valence-electron chi connectivity index (χ2n) is 4.01. The molecule has 1 atom stereocenters. The normalized spacial score (nSPS) is 11.6. The molecule has 0 aliphatic carbocycles. The van der Waals surface area contributed by atoms with Crippen LogP contribution in [0.25, 0.3) is 11.1 Å². The molecule has 2 aromatic rings. The quantitative estimate of drug-likeness (QED) is 0.865. The number of hydrogen-bond donors (Lipinski definition) is 1. The highest BCUT2D eigenvalue weighted by molar-refractivity contribution is 5.85. The summed E-state index contributed by atoms with van der Waals surface area (Å²) in [6, 6.07) is 19.0. The highest BCUT2D eigenvalue weighted by Gasteiger charge is 2.04. The van der Waals surface area contributed by atoms with Gasteiger partial charge in [0.1, 0.15) is 0 Å². The lowest BCUT2D eigenvalue weighted by atomic mass is 9.99. The van der Waals surface area contributed by atoms with Crippen LogP contribution in [0.5, 0.6) is 0 Å². The third-order valence-corrected chi connectivity index (χ3v) is 2.86. The van der Waals surface area contributed by atoms with E-state index in [1.165, 1.54) is 16.7 Å². The first-order chi connectivity index (χ1) is 7.81. The van der Waals surface area contributed by atoms with Gasteiger partial charge in [0.05, 0.1) is 0 Å². The van der Waals surface area contributed by atoms with E-state index in [1.54, 1.807) is 0 Å². The fourth-order valence-electron chi connectivity index (χ4n) is 1.82. The first-order valence-corrected chi connectivity index (χ1v) is 5.72. The van der Waals surface area contributed by atoms with Crippen molar-refractivity contribution in [3.8, 4) is 11.1 Å². The van der Waals surface area contributed by atoms with Crippen molar-refractivity contribution < 1.29 is 0 Å². The van der Waals surface area contributed by atoms with Crippen molar-refractivity contribution in [2.45, 2.75) is 19.4 Å². The largest absolute Gasteiger partial charge is 0.324 e. The van der Waals surface area contributed by atoms with Crippen molar-refractivity contribution in [3.05, 3.63) is 60.2 Å². The number of halogens is 1. The van der Waals surface area contributed by atoms with Gasteiger partial charge < -0.3 is 5.73 Å².